The van der Waals surface area contributed by atoms with Crippen LogP contribution >= 0.6 is 11.6 Å². The first kappa shape index (κ1) is 13.6. The number of alkyl halides is 1. The van der Waals surface area contributed by atoms with Gasteiger partial charge in [0.1, 0.15) is 12.1 Å². The summed E-state index contributed by atoms with van der Waals surface area (Å²) in [5.74, 6) is 0.987. The zero-order valence-corrected chi connectivity index (χ0v) is 11.5. The van der Waals surface area contributed by atoms with E-state index in [1.807, 2.05) is 0 Å². The van der Waals surface area contributed by atoms with E-state index in [9.17, 15) is 0 Å². The second-order valence-corrected chi connectivity index (χ2v) is 5.24. The number of aryl methyl sites for hydroxylation is 1. The molecule has 1 N–H and O–H groups in total. The Morgan fingerprint density at radius 3 is 3.06 bits per heavy atom. The second-order valence-electron chi connectivity index (χ2n) is 4.62. The van der Waals surface area contributed by atoms with Crippen LogP contribution in [0.3, 0.4) is 0 Å². The largest absolute Gasteiger partial charge is 0.383 e. The van der Waals surface area contributed by atoms with Gasteiger partial charge in [-0.05, 0) is 32.1 Å². The molecule has 0 aliphatic heterocycles. The summed E-state index contributed by atoms with van der Waals surface area (Å²) in [6.07, 6.45) is 7.15. The van der Waals surface area contributed by atoms with Crippen LogP contribution in [0.5, 0.6) is 0 Å². The highest BCUT2D eigenvalue weighted by Gasteiger charge is 2.15. The molecule has 1 unspecified atom stereocenters. The van der Waals surface area contributed by atoms with Crippen molar-refractivity contribution in [3.63, 3.8) is 0 Å². The SMILES string of the molecule is COCC(Cl)CCNc1ncnc2c1CCCC2. The molecule has 2 rings (SSSR count). The Morgan fingerprint density at radius 2 is 2.22 bits per heavy atom. The molecule has 5 heteroatoms. The summed E-state index contributed by atoms with van der Waals surface area (Å²) in [5, 5.41) is 3.43. The Morgan fingerprint density at radius 1 is 1.39 bits per heavy atom. The van der Waals surface area contributed by atoms with E-state index in [-0.39, 0.29) is 5.38 Å². The van der Waals surface area contributed by atoms with Crippen molar-refractivity contribution in [1.29, 1.82) is 0 Å². The molecule has 1 heterocycles. The number of nitrogens with zero attached hydrogens (tertiary/aromatic N) is 2. The molecule has 0 fully saturated rings. The fraction of sp³-hybridized carbons (Fsp3) is 0.692. The molecule has 18 heavy (non-hydrogen) atoms. The number of aromatic nitrogens is 2. The summed E-state index contributed by atoms with van der Waals surface area (Å²) in [6.45, 7) is 1.41. The minimum absolute atomic E-state index is 0.0557. The van der Waals surface area contributed by atoms with Gasteiger partial charge in [-0.2, -0.15) is 0 Å². The van der Waals surface area contributed by atoms with Crippen molar-refractivity contribution in [3.05, 3.63) is 17.6 Å². The van der Waals surface area contributed by atoms with Gasteiger partial charge in [-0.15, -0.1) is 11.6 Å². The lowest BCUT2D eigenvalue weighted by Crippen LogP contribution is -2.16. The fourth-order valence-electron chi connectivity index (χ4n) is 2.28. The Kier molecular flexibility index (Phi) is 5.20. The van der Waals surface area contributed by atoms with Crippen LogP contribution in [-0.4, -0.2) is 35.6 Å². The Hall–Kier alpha value is -0.870. The molecule has 1 aliphatic rings. The van der Waals surface area contributed by atoms with Crippen molar-refractivity contribution in [2.75, 3.05) is 25.6 Å². The number of hydrogen-bond acceptors (Lipinski definition) is 4. The maximum Gasteiger partial charge on any atom is 0.132 e. The van der Waals surface area contributed by atoms with E-state index in [1.54, 1.807) is 13.4 Å². The third-order valence-electron chi connectivity index (χ3n) is 3.22. The number of halogens is 1. The van der Waals surface area contributed by atoms with Crippen molar-refractivity contribution in [2.24, 2.45) is 0 Å². The van der Waals surface area contributed by atoms with E-state index in [4.69, 9.17) is 16.3 Å². The quantitative estimate of drug-likeness (QED) is 0.806. The third kappa shape index (κ3) is 3.56. The van der Waals surface area contributed by atoms with Crippen molar-refractivity contribution < 1.29 is 4.74 Å². The molecule has 1 aromatic heterocycles. The van der Waals surface area contributed by atoms with Crippen LogP contribution in [0.2, 0.25) is 0 Å². The summed E-state index contributed by atoms with van der Waals surface area (Å²) < 4.78 is 5.01. The lowest BCUT2D eigenvalue weighted by atomic mass is 9.96. The Labute approximate surface area is 113 Å². The van der Waals surface area contributed by atoms with Gasteiger partial charge in [0.2, 0.25) is 0 Å². The van der Waals surface area contributed by atoms with Crippen LogP contribution in [0.15, 0.2) is 6.33 Å². The third-order valence-corrected chi connectivity index (χ3v) is 3.57. The predicted molar refractivity (Wildman–Crippen MR) is 73.3 cm³/mol. The number of anilines is 1. The molecule has 0 saturated carbocycles. The zero-order valence-electron chi connectivity index (χ0n) is 10.8. The van der Waals surface area contributed by atoms with Gasteiger partial charge in [-0.1, -0.05) is 0 Å². The maximum absolute atomic E-state index is 6.09. The van der Waals surface area contributed by atoms with Crippen molar-refractivity contribution in [1.82, 2.24) is 9.97 Å². The van der Waals surface area contributed by atoms with Gasteiger partial charge < -0.3 is 10.1 Å². The van der Waals surface area contributed by atoms with E-state index >= 15 is 0 Å². The zero-order chi connectivity index (χ0) is 12.8. The first-order valence-electron chi connectivity index (χ1n) is 6.51. The topological polar surface area (TPSA) is 47.0 Å². The monoisotopic (exact) mass is 269 g/mol. The van der Waals surface area contributed by atoms with Gasteiger partial charge in [-0.3, -0.25) is 0 Å². The number of rotatable bonds is 6. The number of nitrogens with one attached hydrogen (secondary N) is 1. The first-order chi connectivity index (χ1) is 8.81. The molecular weight excluding hydrogens is 250 g/mol. The molecule has 0 amide bonds. The highest BCUT2D eigenvalue weighted by atomic mass is 35.5. The smallest absolute Gasteiger partial charge is 0.132 e. The minimum Gasteiger partial charge on any atom is -0.383 e. The molecule has 100 valence electrons. The summed E-state index contributed by atoms with van der Waals surface area (Å²) in [7, 11) is 1.67. The van der Waals surface area contributed by atoms with Crippen LogP contribution in [-0.2, 0) is 17.6 Å². The highest BCUT2D eigenvalue weighted by Crippen LogP contribution is 2.24. The van der Waals surface area contributed by atoms with Crippen LogP contribution in [0.1, 0.15) is 30.5 Å². The van der Waals surface area contributed by atoms with E-state index in [0.29, 0.717) is 6.61 Å². The molecular formula is C13H20ClN3O. The molecule has 1 aromatic rings. The van der Waals surface area contributed by atoms with Crippen molar-refractivity contribution in [2.45, 2.75) is 37.5 Å². The average molecular weight is 270 g/mol. The second kappa shape index (κ2) is 6.90. The highest BCUT2D eigenvalue weighted by molar-refractivity contribution is 6.20. The predicted octanol–water partition coefficient (Wildman–Crippen LogP) is 2.41. The van der Waals surface area contributed by atoms with Crippen molar-refractivity contribution in [3.8, 4) is 0 Å². The maximum atomic E-state index is 6.09. The minimum atomic E-state index is 0.0557. The molecule has 0 saturated heterocycles. The molecule has 0 radical (unpaired) electrons. The fourth-order valence-corrected chi connectivity index (χ4v) is 2.52. The first-order valence-corrected chi connectivity index (χ1v) is 6.94. The van der Waals surface area contributed by atoms with Gasteiger partial charge >= 0.3 is 0 Å². The lowest BCUT2D eigenvalue weighted by Gasteiger charge is -2.18. The summed E-state index contributed by atoms with van der Waals surface area (Å²) in [4.78, 5) is 8.69. The van der Waals surface area contributed by atoms with Crippen LogP contribution in [0, 0.1) is 0 Å². The number of ether oxygens (including phenoxy) is 1. The van der Waals surface area contributed by atoms with Gasteiger partial charge in [0.05, 0.1) is 12.0 Å². The van der Waals surface area contributed by atoms with Crippen LogP contribution < -0.4 is 5.32 Å². The molecule has 1 atom stereocenters. The summed E-state index contributed by atoms with van der Waals surface area (Å²) >= 11 is 6.09. The molecule has 0 bridgehead atoms. The molecule has 0 spiro atoms. The van der Waals surface area contributed by atoms with Gasteiger partial charge in [-0.25, -0.2) is 9.97 Å². The van der Waals surface area contributed by atoms with Gasteiger partial charge in [0.25, 0.3) is 0 Å². The van der Waals surface area contributed by atoms with E-state index in [1.165, 1.54) is 24.1 Å². The Balaban J connectivity index is 1.89. The summed E-state index contributed by atoms with van der Waals surface area (Å²) in [6, 6.07) is 0. The van der Waals surface area contributed by atoms with E-state index in [0.717, 1.165) is 31.6 Å². The number of hydrogen-bond donors (Lipinski definition) is 1. The number of fused-ring (bicyclic) bond motifs is 1. The Bertz CT molecular complexity index is 386. The lowest BCUT2D eigenvalue weighted by molar-refractivity contribution is 0.196. The molecule has 0 aromatic carbocycles. The van der Waals surface area contributed by atoms with Crippen molar-refractivity contribution >= 4 is 17.4 Å². The van der Waals surface area contributed by atoms with Gasteiger partial charge in [0, 0.05) is 24.9 Å². The van der Waals surface area contributed by atoms with Gasteiger partial charge in [0.15, 0.2) is 0 Å². The van der Waals surface area contributed by atoms with E-state index < -0.39 is 0 Å². The molecule has 4 nitrogen and oxygen atoms in total. The standard InChI is InChI=1S/C13H20ClN3O/c1-18-8-10(14)6-7-15-13-11-4-2-3-5-12(11)16-9-17-13/h9-10H,2-8H2,1H3,(H,15,16,17). The van der Waals surface area contributed by atoms with Crippen LogP contribution in [0.4, 0.5) is 5.82 Å². The number of methoxy groups -OCH3 is 1. The normalized spacial score (nSPS) is 16.1. The molecule has 1 aliphatic carbocycles. The average Bonchev–Trinajstić information content (AvgIpc) is 2.39. The summed E-state index contributed by atoms with van der Waals surface area (Å²) in [5.41, 5.74) is 2.50. The van der Waals surface area contributed by atoms with E-state index in [2.05, 4.69) is 15.3 Å². The van der Waals surface area contributed by atoms with Crippen LogP contribution in [0.25, 0.3) is 0 Å².